The number of nitrogens with zero attached hydrogens (tertiary/aromatic N) is 4. The van der Waals surface area contributed by atoms with Crippen LogP contribution in [0.5, 0.6) is 0 Å². The molecule has 9 heteroatoms. The number of aliphatic imine (C=N–C) groups is 1. The van der Waals surface area contributed by atoms with Crippen molar-refractivity contribution in [2.45, 2.75) is 18.2 Å². The molecular weight excluding hydrogens is 324 g/mol. The molecule has 0 bridgehead atoms. The lowest BCUT2D eigenvalue weighted by Gasteiger charge is -2.17. The van der Waals surface area contributed by atoms with E-state index in [0.717, 1.165) is 5.56 Å². The highest BCUT2D eigenvalue weighted by Crippen LogP contribution is 2.38. The van der Waals surface area contributed by atoms with Crippen molar-refractivity contribution in [2.75, 3.05) is 11.5 Å². The van der Waals surface area contributed by atoms with Gasteiger partial charge in [0.15, 0.2) is 15.0 Å². The van der Waals surface area contributed by atoms with Crippen LogP contribution in [0.1, 0.15) is 12.5 Å². The van der Waals surface area contributed by atoms with Gasteiger partial charge in [-0.1, -0.05) is 11.8 Å². The van der Waals surface area contributed by atoms with Gasteiger partial charge < -0.3 is 0 Å². The molecule has 2 aliphatic rings. The molecule has 2 atom stereocenters. The average Bonchev–Trinajstić information content (AvgIpc) is 2.88. The highest BCUT2D eigenvalue weighted by atomic mass is 32.2. The minimum absolute atomic E-state index is 0.0370. The van der Waals surface area contributed by atoms with Gasteiger partial charge in [-0.3, -0.25) is 9.78 Å². The fourth-order valence-corrected chi connectivity index (χ4v) is 6.27. The third-order valence-electron chi connectivity index (χ3n) is 3.33. The van der Waals surface area contributed by atoms with Crippen molar-refractivity contribution in [1.29, 1.82) is 0 Å². The van der Waals surface area contributed by atoms with Gasteiger partial charge in [-0.15, -0.1) is 0 Å². The number of fused-ring (bicyclic) bond motifs is 1. The number of hydrazone groups is 1. The van der Waals surface area contributed by atoms with Gasteiger partial charge >= 0.3 is 0 Å². The first kappa shape index (κ1) is 15.2. The van der Waals surface area contributed by atoms with Crippen molar-refractivity contribution in [3.05, 3.63) is 30.1 Å². The summed E-state index contributed by atoms with van der Waals surface area (Å²) < 4.78 is 23.6. The largest absolute Gasteiger partial charge is 0.273 e. The van der Waals surface area contributed by atoms with Gasteiger partial charge in [0.05, 0.1) is 29.0 Å². The molecule has 3 rings (SSSR count). The van der Waals surface area contributed by atoms with Crippen LogP contribution in [0.3, 0.4) is 0 Å². The van der Waals surface area contributed by atoms with Crippen LogP contribution >= 0.6 is 11.8 Å². The summed E-state index contributed by atoms with van der Waals surface area (Å²) in [5.41, 5.74) is 0.839. The van der Waals surface area contributed by atoms with Crippen molar-refractivity contribution < 1.29 is 13.2 Å². The van der Waals surface area contributed by atoms with E-state index in [1.54, 1.807) is 35.7 Å². The Morgan fingerprint density at radius 2 is 2.14 bits per heavy atom. The number of carbonyl (C=O) groups is 1. The maximum atomic E-state index is 11.8. The molecule has 1 aromatic heterocycles. The van der Waals surface area contributed by atoms with E-state index in [9.17, 15) is 13.2 Å². The zero-order valence-electron chi connectivity index (χ0n) is 11.8. The van der Waals surface area contributed by atoms with E-state index >= 15 is 0 Å². The molecule has 0 radical (unpaired) electrons. The summed E-state index contributed by atoms with van der Waals surface area (Å²) in [5.74, 6) is -0.190. The van der Waals surface area contributed by atoms with Gasteiger partial charge in [0.25, 0.3) is 0 Å². The van der Waals surface area contributed by atoms with E-state index in [1.807, 2.05) is 0 Å². The molecule has 1 amide bonds. The van der Waals surface area contributed by atoms with E-state index in [1.165, 1.54) is 18.7 Å². The lowest BCUT2D eigenvalue weighted by molar-refractivity contribution is -0.115. The summed E-state index contributed by atoms with van der Waals surface area (Å²) in [6, 6.07) is 3.31. The smallest absolute Gasteiger partial charge is 0.245 e. The van der Waals surface area contributed by atoms with Crippen molar-refractivity contribution in [2.24, 2.45) is 10.1 Å². The number of thioether (sulfide) groups is 1. The summed E-state index contributed by atoms with van der Waals surface area (Å²) in [4.78, 5) is 19.1. The molecule has 1 aromatic rings. The fraction of sp³-hybridized carbons (Fsp3) is 0.385. The van der Waals surface area contributed by atoms with Gasteiger partial charge in [-0.2, -0.15) is 10.1 Å². The van der Waals surface area contributed by atoms with Gasteiger partial charge in [-0.25, -0.2) is 13.4 Å². The number of sulfone groups is 1. The Balaban J connectivity index is 1.89. The quantitative estimate of drug-likeness (QED) is 0.731. The number of carbonyl (C=O) groups excluding carboxylic acids is 1. The van der Waals surface area contributed by atoms with Gasteiger partial charge in [0.2, 0.25) is 5.91 Å². The number of amidine groups is 1. The molecule has 2 saturated heterocycles. The van der Waals surface area contributed by atoms with E-state index in [2.05, 4.69) is 15.1 Å². The first-order valence-corrected chi connectivity index (χ1v) is 9.34. The van der Waals surface area contributed by atoms with Crippen LogP contribution in [0.2, 0.25) is 0 Å². The lowest BCUT2D eigenvalue weighted by Crippen LogP contribution is -2.33. The Hall–Kier alpha value is -1.74. The van der Waals surface area contributed by atoms with Crippen molar-refractivity contribution in [3.63, 3.8) is 0 Å². The van der Waals surface area contributed by atoms with Crippen molar-refractivity contribution in [3.8, 4) is 0 Å². The molecule has 0 N–H and O–H groups in total. The van der Waals surface area contributed by atoms with Crippen molar-refractivity contribution in [1.82, 2.24) is 9.99 Å². The lowest BCUT2D eigenvalue weighted by atomic mass is 10.2. The predicted octanol–water partition coefficient (Wildman–Crippen LogP) is 0.532. The Morgan fingerprint density at radius 3 is 2.82 bits per heavy atom. The van der Waals surface area contributed by atoms with Crippen LogP contribution in [0.15, 0.2) is 34.6 Å². The Kier molecular flexibility index (Phi) is 4.00. The molecule has 3 heterocycles. The zero-order valence-corrected chi connectivity index (χ0v) is 13.4. The summed E-state index contributed by atoms with van der Waals surface area (Å²) in [7, 11) is -3.06. The number of aromatic nitrogens is 1. The van der Waals surface area contributed by atoms with E-state index in [-0.39, 0.29) is 28.7 Å². The van der Waals surface area contributed by atoms with Crippen LogP contribution in [0.25, 0.3) is 0 Å². The molecule has 0 saturated carbocycles. The molecule has 7 nitrogen and oxygen atoms in total. The van der Waals surface area contributed by atoms with Crippen LogP contribution in [-0.2, 0) is 14.6 Å². The van der Waals surface area contributed by atoms with Gasteiger partial charge in [0, 0.05) is 19.3 Å². The summed E-state index contributed by atoms with van der Waals surface area (Å²) in [6.07, 6.45) is 4.91. The second-order valence-corrected chi connectivity index (χ2v) is 8.44. The van der Waals surface area contributed by atoms with Crippen LogP contribution in [0.4, 0.5) is 0 Å². The number of rotatable bonds is 2. The molecule has 2 unspecified atom stereocenters. The van der Waals surface area contributed by atoms with E-state index in [0.29, 0.717) is 5.17 Å². The molecule has 22 heavy (non-hydrogen) atoms. The third kappa shape index (κ3) is 3.20. The SMILES string of the molecule is CC(=O)N=C1SC2CS(=O)(=O)CC2N1/N=C/c1ccncc1. The monoisotopic (exact) mass is 338 g/mol. The van der Waals surface area contributed by atoms with Crippen LogP contribution in [0, 0.1) is 0 Å². The number of hydrogen-bond acceptors (Lipinski definition) is 6. The second-order valence-electron chi connectivity index (χ2n) is 5.08. The molecular formula is C13H14N4O3S2. The highest BCUT2D eigenvalue weighted by Gasteiger charge is 2.49. The topological polar surface area (TPSA) is 92.1 Å². The maximum Gasteiger partial charge on any atom is 0.245 e. The number of amides is 1. The molecule has 0 spiro atoms. The minimum atomic E-state index is -3.06. The molecule has 116 valence electrons. The normalized spacial score (nSPS) is 28.4. The van der Waals surface area contributed by atoms with Crippen molar-refractivity contribution >= 4 is 38.9 Å². The Morgan fingerprint density at radius 1 is 1.41 bits per heavy atom. The standard InChI is InChI=1S/C13H14N4O3S2/c1-9(18)16-13-17(15-6-10-2-4-14-5-3-10)11-7-22(19,20)8-12(11)21-13/h2-6,11-12H,7-8H2,1H3/b15-6+,16-13?. The highest BCUT2D eigenvalue weighted by molar-refractivity contribution is 8.15. The van der Waals surface area contributed by atoms with E-state index in [4.69, 9.17) is 0 Å². The van der Waals surface area contributed by atoms with Gasteiger partial charge in [-0.05, 0) is 17.7 Å². The average molecular weight is 338 g/mol. The molecule has 0 aliphatic carbocycles. The molecule has 0 aromatic carbocycles. The predicted molar refractivity (Wildman–Crippen MR) is 85.6 cm³/mol. The fourth-order valence-electron chi connectivity index (χ4n) is 2.39. The van der Waals surface area contributed by atoms with E-state index < -0.39 is 9.84 Å². The van der Waals surface area contributed by atoms with Crippen LogP contribution < -0.4 is 0 Å². The summed E-state index contributed by atoms with van der Waals surface area (Å²) >= 11 is 1.30. The molecule has 2 aliphatic heterocycles. The third-order valence-corrected chi connectivity index (χ3v) is 6.53. The summed E-state index contributed by atoms with van der Waals surface area (Å²) in [5, 5.41) is 6.24. The Bertz CT molecular complexity index is 746. The second kappa shape index (κ2) is 5.81. The first-order chi connectivity index (χ1) is 10.4. The van der Waals surface area contributed by atoms with Gasteiger partial charge in [0.1, 0.15) is 0 Å². The number of pyridine rings is 1. The first-order valence-electron chi connectivity index (χ1n) is 6.64. The summed E-state index contributed by atoms with van der Waals surface area (Å²) in [6.45, 7) is 1.36. The zero-order chi connectivity index (χ0) is 15.7. The maximum absolute atomic E-state index is 11.8. The van der Waals surface area contributed by atoms with Crippen LogP contribution in [-0.4, -0.2) is 58.5 Å². The Labute approximate surface area is 132 Å². The minimum Gasteiger partial charge on any atom is -0.273 e. The molecule has 2 fully saturated rings. The number of hydrogen-bond donors (Lipinski definition) is 0.